The first-order valence-electron chi connectivity index (χ1n) is 4.30. The Balaban J connectivity index is 0.000000845. The monoisotopic (exact) mass is 201 g/mol. The smallest absolute Gasteiger partial charge is 0.121 e. The molecule has 1 N–H and O–H groups in total. The van der Waals surface area contributed by atoms with E-state index in [-0.39, 0.29) is 18.4 Å². The number of halogens is 2. The van der Waals surface area contributed by atoms with Crippen LogP contribution in [-0.4, -0.2) is 12.7 Å². The molecular formula is C10H13ClFN. The van der Waals surface area contributed by atoms with Gasteiger partial charge in [-0.2, -0.15) is 0 Å². The lowest BCUT2D eigenvalue weighted by molar-refractivity contribution is 0.304. The summed E-state index contributed by atoms with van der Waals surface area (Å²) in [6, 6.07) is 9.70. The van der Waals surface area contributed by atoms with E-state index in [0.29, 0.717) is 6.42 Å². The predicted molar refractivity (Wildman–Crippen MR) is 53.9 cm³/mol. The molecule has 0 radical (unpaired) electrons. The maximum atomic E-state index is 13.2. The first-order valence-corrected chi connectivity index (χ1v) is 4.30. The summed E-state index contributed by atoms with van der Waals surface area (Å²) in [5.74, 6) is 0. The van der Waals surface area contributed by atoms with Gasteiger partial charge in [0, 0.05) is 0 Å². The first-order chi connectivity index (χ1) is 5.88. The average Bonchev–Trinajstić information content (AvgIpc) is 2.53. The molecule has 1 aromatic carbocycles. The Morgan fingerprint density at radius 1 is 1.23 bits per heavy atom. The van der Waals surface area contributed by atoms with Crippen molar-refractivity contribution in [1.82, 2.24) is 5.32 Å². The van der Waals surface area contributed by atoms with E-state index in [1.165, 1.54) is 0 Å². The van der Waals surface area contributed by atoms with Gasteiger partial charge >= 0.3 is 0 Å². The van der Waals surface area contributed by atoms with Crippen LogP contribution in [0, 0.1) is 0 Å². The van der Waals surface area contributed by atoms with E-state index in [2.05, 4.69) is 5.32 Å². The van der Waals surface area contributed by atoms with Gasteiger partial charge < -0.3 is 5.32 Å². The Labute approximate surface area is 83.8 Å². The van der Waals surface area contributed by atoms with Crippen LogP contribution in [0.15, 0.2) is 30.3 Å². The second-order valence-electron chi connectivity index (χ2n) is 3.15. The van der Waals surface area contributed by atoms with Crippen LogP contribution in [0.25, 0.3) is 0 Å². The molecule has 13 heavy (non-hydrogen) atoms. The van der Waals surface area contributed by atoms with Crippen LogP contribution < -0.4 is 5.32 Å². The van der Waals surface area contributed by atoms with Crippen molar-refractivity contribution in [1.29, 1.82) is 0 Å². The van der Waals surface area contributed by atoms with Crippen molar-refractivity contribution in [3.63, 3.8) is 0 Å². The summed E-state index contributed by atoms with van der Waals surface area (Å²) in [5.41, 5.74) is 1.06. The van der Waals surface area contributed by atoms with Gasteiger partial charge in [0.05, 0.1) is 6.04 Å². The molecule has 0 aromatic heterocycles. The quantitative estimate of drug-likeness (QED) is 0.736. The second-order valence-corrected chi connectivity index (χ2v) is 3.15. The molecule has 0 amide bonds. The van der Waals surface area contributed by atoms with E-state index in [0.717, 1.165) is 12.1 Å². The predicted octanol–water partition coefficient (Wildman–Crippen LogP) is 2.48. The van der Waals surface area contributed by atoms with Crippen LogP contribution >= 0.6 is 12.4 Å². The fraction of sp³-hybridized carbons (Fsp3) is 0.400. The maximum absolute atomic E-state index is 13.2. The van der Waals surface area contributed by atoms with Gasteiger partial charge in [-0.1, -0.05) is 30.3 Å². The van der Waals surface area contributed by atoms with Gasteiger partial charge in [-0.05, 0) is 18.5 Å². The van der Waals surface area contributed by atoms with Crippen LogP contribution in [0.3, 0.4) is 0 Å². The molecule has 2 atom stereocenters. The Kier molecular flexibility index (Phi) is 3.70. The molecule has 2 unspecified atom stereocenters. The Morgan fingerprint density at radius 2 is 1.92 bits per heavy atom. The fourth-order valence-corrected chi connectivity index (χ4v) is 1.66. The SMILES string of the molecule is Cl.FC1CCNC1c1ccccc1. The molecule has 0 saturated carbocycles. The van der Waals surface area contributed by atoms with Crippen LogP contribution in [0.1, 0.15) is 18.0 Å². The molecule has 72 valence electrons. The van der Waals surface area contributed by atoms with Gasteiger partial charge in [-0.15, -0.1) is 12.4 Å². The van der Waals surface area contributed by atoms with Gasteiger partial charge in [0.15, 0.2) is 0 Å². The first kappa shape index (κ1) is 10.5. The molecule has 1 fully saturated rings. The molecule has 1 aliphatic rings. The van der Waals surface area contributed by atoms with Crippen LogP contribution in [0.4, 0.5) is 4.39 Å². The number of hydrogen-bond donors (Lipinski definition) is 1. The largest absolute Gasteiger partial charge is 0.307 e. The molecule has 1 aromatic rings. The number of benzene rings is 1. The lowest BCUT2D eigenvalue weighted by Crippen LogP contribution is -2.18. The highest BCUT2D eigenvalue weighted by molar-refractivity contribution is 5.85. The summed E-state index contributed by atoms with van der Waals surface area (Å²) in [5, 5.41) is 3.15. The Hall–Kier alpha value is -0.600. The zero-order valence-corrected chi connectivity index (χ0v) is 8.06. The zero-order valence-electron chi connectivity index (χ0n) is 7.24. The highest BCUT2D eigenvalue weighted by Crippen LogP contribution is 2.25. The van der Waals surface area contributed by atoms with Crippen molar-refractivity contribution in [3.8, 4) is 0 Å². The molecule has 2 rings (SSSR count). The molecule has 0 spiro atoms. The zero-order chi connectivity index (χ0) is 8.39. The van der Waals surface area contributed by atoms with E-state index in [9.17, 15) is 4.39 Å². The summed E-state index contributed by atoms with van der Waals surface area (Å²) in [6.07, 6.45) is -0.0769. The Bertz CT molecular complexity index is 252. The molecular weight excluding hydrogens is 189 g/mol. The van der Waals surface area contributed by atoms with Gasteiger partial charge in [-0.3, -0.25) is 0 Å². The highest BCUT2D eigenvalue weighted by atomic mass is 35.5. The highest BCUT2D eigenvalue weighted by Gasteiger charge is 2.27. The van der Waals surface area contributed by atoms with Crippen LogP contribution in [-0.2, 0) is 0 Å². The van der Waals surface area contributed by atoms with E-state index in [1.54, 1.807) is 0 Å². The van der Waals surface area contributed by atoms with Gasteiger partial charge in [0.25, 0.3) is 0 Å². The summed E-state index contributed by atoms with van der Waals surface area (Å²) < 4.78 is 13.2. The third-order valence-corrected chi connectivity index (χ3v) is 2.30. The number of nitrogens with one attached hydrogen (secondary N) is 1. The molecule has 3 heteroatoms. The number of rotatable bonds is 1. The van der Waals surface area contributed by atoms with Gasteiger partial charge in [-0.25, -0.2) is 4.39 Å². The molecule has 1 nitrogen and oxygen atoms in total. The minimum absolute atomic E-state index is 0. The fourth-order valence-electron chi connectivity index (χ4n) is 1.66. The van der Waals surface area contributed by atoms with Gasteiger partial charge in [0.1, 0.15) is 6.17 Å². The number of alkyl halides is 1. The summed E-state index contributed by atoms with van der Waals surface area (Å²) in [4.78, 5) is 0. The van der Waals surface area contributed by atoms with Crippen molar-refractivity contribution in [2.75, 3.05) is 6.54 Å². The van der Waals surface area contributed by atoms with Gasteiger partial charge in [0.2, 0.25) is 0 Å². The van der Waals surface area contributed by atoms with Crippen molar-refractivity contribution in [2.24, 2.45) is 0 Å². The molecule has 0 aliphatic carbocycles. The summed E-state index contributed by atoms with van der Waals surface area (Å²) in [6.45, 7) is 0.792. The molecule has 0 bridgehead atoms. The van der Waals surface area contributed by atoms with Crippen LogP contribution in [0.5, 0.6) is 0 Å². The van der Waals surface area contributed by atoms with Crippen molar-refractivity contribution >= 4 is 12.4 Å². The topological polar surface area (TPSA) is 12.0 Å². The Morgan fingerprint density at radius 3 is 2.46 bits per heavy atom. The van der Waals surface area contributed by atoms with Crippen molar-refractivity contribution in [2.45, 2.75) is 18.6 Å². The maximum Gasteiger partial charge on any atom is 0.121 e. The average molecular weight is 202 g/mol. The summed E-state index contributed by atoms with van der Waals surface area (Å²) >= 11 is 0. The molecule has 1 heterocycles. The standard InChI is InChI=1S/C10H12FN.ClH/c11-9-6-7-12-10(9)8-4-2-1-3-5-8;/h1-5,9-10,12H,6-7H2;1H. The second kappa shape index (κ2) is 4.58. The molecule has 1 saturated heterocycles. The number of hydrogen-bond acceptors (Lipinski definition) is 1. The van der Waals surface area contributed by atoms with Crippen molar-refractivity contribution < 1.29 is 4.39 Å². The van der Waals surface area contributed by atoms with E-state index in [4.69, 9.17) is 0 Å². The molecule has 1 aliphatic heterocycles. The minimum atomic E-state index is -0.715. The van der Waals surface area contributed by atoms with E-state index in [1.807, 2.05) is 30.3 Å². The lowest BCUT2D eigenvalue weighted by Gasteiger charge is -2.12. The van der Waals surface area contributed by atoms with Crippen molar-refractivity contribution in [3.05, 3.63) is 35.9 Å². The van der Waals surface area contributed by atoms with E-state index < -0.39 is 6.17 Å². The normalized spacial score (nSPS) is 26.8. The van der Waals surface area contributed by atoms with Crippen LogP contribution in [0.2, 0.25) is 0 Å². The third kappa shape index (κ3) is 2.20. The minimum Gasteiger partial charge on any atom is -0.307 e. The lowest BCUT2D eigenvalue weighted by atomic mass is 10.0. The van der Waals surface area contributed by atoms with E-state index >= 15 is 0 Å². The third-order valence-electron chi connectivity index (χ3n) is 2.30. The summed E-state index contributed by atoms with van der Waals surface area (Å²) in [7, 11) is 0.